The molecule has 96 valence electrons. The second kappa shape index (κ2) is 6.39. The summed E-state index contributed by atoms with van der Waals surface area (Å²) in [6, 6.07) is 0. The zero-order valence-corrected chi connectivity index (χ0v) is 8.70. The van der Waals surface area contributed by atoms with Crippen LogP contribution >= 0.6 is 0 Å². The van der Waals surface area contributed by atoms with E-state index >= 15 is 0 Å². The summed E-state index contributed by atoms with van der Waals surface area (Å²) in [6.07, 6.45) is -6.01. The minimum Gasteiger partial charge on any atom is -0.388 e. The van der Waals surface area contributed by atoms with Crippen molar-refractivity contribution in [3.63, 3.8) is 0 Å². The second-order valence-corrected chi connectivity index (χ2v) is 3.59. The van der Waals surface area contributed by atoms with Crippen LogP contribution in [0.1, 0.15) is 6.42 Å². The fourth-order valence-electron chi connectivity index (χ4n) is 0.955. The van der Waals surface area contributed by atoms with Gasteiger partial charge in [-0.2, -0.15) is 13.2 Å². The van der Waals surface area contributed by atoms with Gasteiger partial charge in [-0.1, -0.05) is 0 Å². The van der Waals surface area contributed by atoms with E-state index in [2.05, 4.69) is 4.74 Å². The van der Waals surface area contributed by atoms with E-state index in [1.807, 2.05) is 0 Å². The van der Waals surface area contributed by atoms with Crippen molar-refractivity contribution in [2.75, 3.05) is 33.0 Å². The highest BCUT2D eigenvalue weighted by Crippen LogP contribution is 2.18. The average molecular weight is 244 g/mol. The molecule has 0 spiro atoms. The lowest BCUT2D eigenvalue weighted by atomic mass is 10.4. The molecule has 1 heterocycles. The maximum atomic E-state index is 11.7. The number of hydrogen-bond acceptors (Lipinski definition) is 4. The first-order valence-electron chi connectivity index (χ1n) is 4.99. The molecular weight excluding hydrogens is 229 g/mol. The smallest absolute Gasteiger partial charge is 0.388 e. The van der Waals surface area contributed by atoms with E-state index in [0.717, 1.165) is 0 Å². The largest absolute Gasteiger partial charge is 0.391 e. The van der Waals surface area contributed by atoms with Gasteiger partial charge in [0.15, 0.2) is 0 Å². The lowest BCUT2D eigenvalue weighted by Gasteiger charge is -2.12. The van der Waals surface area contributed by atoms with Gasteiger partial charge in [0.05, 0.1) is 39.5 Å². The van der Waals surface area contributed by atoms with Gasteiger partial charge in [-0.3, -0.25) is 0 Å². The Morgan fingerprint density at radius 1 is 1.31 bits per heavy atom. The van der Waals surface area contributed by atoms with Crippen LogP contribution in [0.5, 0.6) is 0 Å². The van der Waals surface area contributed by atoms with Gasteiger partial charge in [0.2, 0.25) is 0 Å². The van der Waals surface area contributed by atoms with E-state index in [4.69, 9.17) is 9.47 Å². The molecule has 0 bridgehead atoms. The molecule has 0 radical (unpaired) electrons. The third-order valence-electron chi connectivity index (χ3n) is 1.86. The van der Waals surface area contributed by atoms with Gasteiger partial charge in [-0.15, -0.1) is 0 Å². The third kappa shape index (κ3) is 7.86. The van der Waals surface area contributed by atoms with Crippen molar-refractivity contribution in [1.29, 1.82) is 0 Å². The first kappa shape index (κ1) is 13.7. The molecule has 0 aromatic rings. The van der Waals surface area contributed by atoms with Gasteiger partial charge in [0.25, 0.3) is 0 Å². The Kier molecular flexibility index (Phi) is 5.47. The Bertz CT molecular complexity index is 194. The van der Waals surface area contributed by atoms with E-state index in [9.17, 15) is 18.3 Å². The van der Waals surface area contributed by atoms with Crippen molar-refractivity contribution < 1.29 is 32.5 Å². The molecule has 0 aromatic carbocycles. The van der Waals surface area contributed by atoms with E-state index in [-0.39, 0.29) is 19.3 Å². The van der Waals surface area contributed by atoms with Gasteiger partial charge in [0, 0.05) is 0 Å². The molecule has 1 rings (SSSR count). The van der Waals surface area contributed by atoms with Gasteiger partial charge < -0.3 is 19.3 Å². The number of rotatable bonds is 8. The zero-order chi connectivity index (χ0) is 12.0. The summed E-state index contributed by atoms with van der Waals surface area (Å²) in [5, 5.41) is 9.24. The molecule has 0 aromatic heterocycles. The van der Waals surface area contributed by atoms with E-state index < -0.39 is 25.3 Å². The predicted octanol–water partition coefficient (Wildman–Crippen LogP) is 0.732. The maximum absolute atomic E-state index is 11.7. The third-order valence-corrected chi connectivity index (χ3v) is 1.86. The van der Waals surface area contributed by atoms with Crippen LogP contribution in [0, 0.1) is 0 Å². The second-order valence-electron chi connectivity index (χ2n) is 3.59. The molecule has 7 heteroatoms. The number of ether oxygens (including phenoxy) is 3. The highest BCUT2D eigenvalue weighted by atomic mass is 19.4. The molecule has 0 amide bonds. The number of epoxide rings is 1. The van der Waals surface area contributed by atoms with Crippen molar-refractivity contribution >= 4 is 0 Å². The first-order valence-corrected chi connectivity index (χ1v) is 4.99. The number of alkyl halides is 3. The Balaban J connectivity index is 1.86. The highest BCUT2D eigenvalue weighted by Gasteiger charge is 2.26. The normalized spacial score (nSPS) is 22.1. The van der Waals surface area contributed by atoms with Crippen molar-refractivity contribution in [2.24, 2.45) is 0 Å². The van der Waals surface area contributed by atoms with Crippen LogP contribution in [-0.2, 0) is 14.2 Å². The number of hydrogen-bond donors (Lipinski definition) is 1. The topological polar surface area (TPSA) is 51.2 Å². The first-order chi connectivity index (χ1) is 7.47. The number of aliphatic hydroxyl groups is 1. The van der Waals surface area contributed by atoms with Crippen LogP contribution in [-0.4, -0.2) is 56.5 Å². The van der Waals surface area contributed by atoms with Crippen LogP contribution in [0.15, 0.2) is 0 Å². The fraction of sp³-hybridized carbons (Fsp3) is 1.00. The van der Waals surface area contributed by atoms with Crippen molar-refractivity contribution in [3.8, 4) is 0 Å². The van der Waals surface area contributed by atoms with E-state index in [1.165, 1.54) is 0 Å². The minimum absolute atomic E-state index is 0.0475. The molecule has 1 saturated heterocycles. The maximum Gasteiger partial charge on any atom is 0.391 e. The lowest BCUT2D eigenvalue weighted by Crippen LogP contribution is -2.24. The molecule has 0 saturated carbocycles. The van der Waals surface area contributed by atoms with Crippen molar-refractivity contribution in [1.82, 2.24) is 0 Å². The molecular formula is C9H15F3O4. The standard InChI is InChI=1S/C9H15F3O4/c10-9(11,12)1-2-14-3-7(13)4-15-5-8-6-16-8/h7-8,13H,1-6H2. The van der Waals surface area contributed by atoms with E-state index in [1.54, 1.807) is 0 Å². The summed E-state index contributed by atoms with van der Waals surface area (Å²) < 4.78 is 49.7. The van der Waals surface area contributed by atoms with Crippen LogP contribution in [0.3, 0.4) is 0 Å². The summed E-state index contributed by atoms with van der Waals surface area (Å²) in [4.78, 5) is 0. The molecule has 1 N–H and O–H groups in total. The molecule has 2 unspecified atom stereocenters. The number of aliphatic hydroxyl groups excluding tert-OH is 1. The van der Waals surface area contributed by atoms with Crippen LogP contribution in [0.25, 0.3) is 0 Å². The zero-order valence-electron chi connectivity index (χ0n) is 8.70. The Morgan fingerprint density at radius 3 is 2.50 bits per heavy atom. The molecule has 1 aliphatic rings. The summed E-state index contributed by atoms with van der Waals surface area (Å²) in [6.45, 7) is 0.525. The van der Waals surface area contributed by atoms with Gasteiger partial charge >= 0.3 is 6.18 Å². The lowest BCUT2D eigenvalue weighted by molar-refractivity contribution is -0.148. The van der Waals surface area contributed by atoms with Gasteiger partial charge in [0.1, 0.15) is 12.2 Å². The quantitative estimate of drug-likeness (QED) is 0.505. The molecule has 4 nitrogen and oxygen atoms in total. The molecule has 1 fully saturated rings. The summed E-state index contributed by atoms with van der Waals surface area (Å²) in [5.74, 6) is 0. The Hall–Kier alpha value is -0.370. The average Bonchev–Trinajstić information content (AvgIpc) is 2.95. The summed E-state index contributed by atoms with van der Waals surface area (Å²) >= 11 is 0. The molecule has 16 heavy (non-hydrogen) atoms. The molecule has 1 aliphatic heterocycles. The highest BCUT2D eigenvalue weighted by molar-refractivity contribution is 4.67. The fourth-order valence-corrected chi connectivity index (χ4v) is 0.955. The van der Waals surface area contributed by atoms with Crippen molar-refractivity contribution in [2.45, 2.75) is 24.8 Å². The van der Waals surface area contributed by atoms with Crippen molar-refractivity contribution in [3.05, 3.63) is 0 Å². The van der Waals surface area contributed by atoms with E-state index in [0.29, 0.717) is 13.2 Å². The Labute approximate surface area is 91.3 Å². The van der Waals surface area contributed by atoms with Gasteiger partial charge in [-0.05, 0) is 0 Å². The summed E-state index contributed by atoms with van der Waals surface area (Å²) in [5.41, 5.74) is 0. The molecule has 2 atom stereocenters. The number of halogens is 3. The predicted molar refractivity (Wildman–Crippen MR) is 48.1 cm³/mol. The Morgan fingerprint density at radius 2 is 1.94 bits per heavy atom. The SMILES string of the molecule is OC(COCCC(F)(F)F)COCC1CO1. The van der Waals surface area contributed by atoms with Crippen LogP contribution < -0.4 is 0 Å². The van der Waals surface area contributed by atoms with Crippen LogP contribution in [0.2, 0.25) is 0 Å². The monoisotopic (exact) mass is 244 g/mol. The minimum atomic E-state index is -4.22. The van der Waals surface area contributed by atoms with Crippen LogP contribution in [0.4, 0.5) is 13.2 Å². The molecule has 0 aliphatic carbocycles. The summed E-state index contributed by atoms with van der Waals surface area (Å²) in [7, 11) is 0. The van der Waals surface area contributed by atoms with Gasteiger partial charge in [-0.25, -0.2) is 0 Å².